The number of methoxy groups -OCH3 is 1. The summed E-state index contributed by atoms with van der Waals surface area (Å²) in [6.45, 7) is 1.96. The molecule has 2 heterocycles. The van der Waals surface area contributed by atoms with Crippen LogP contribution in [0.5, 0.6) is 5.75 Å². The van der Waals surface area contributed by atoms with Crippen molar-refractivity contribution in [2.24, 2.45) is 0 Å². The lowest BCUT2D eigenvalue weighted by atomic mass is 10.2. The number of para-hydroxylation sites is 1. The summed E-state index contributed by atoms with van der Waals surface area (Å²) in [5.41, 5.74) is 9.07. The first-order valence-electron chi connectivity index (χ1n) is 8.31. The predicted octanol–water partition coefficient (Wildman–Crippen LogP) is 2.90. The van der Waals surface area contributed by atoms with Crippen LogP contribution in [0.1, 0.15) is 15.9 Å². The highest BCUT2D eigenvalue weighted by molar-refractivity contribution is 6.10. The number of hydrogen-bond donors (Lipinski definition) is 3. The van der Waals surface area contributed by atoms with Gasteiger partial charge in [-0.2, -0.15) is 10.2 Å². The van der Waals surface area contributed by atoms with Gasteiger partial charge in [0.15, 0.2) is 5.82 Å². The molecule has 0 saturated carbocycles. The lowest BCUT2D eigenvalue weighted by Gasteiger charge is -2.08. The molecule has 8 heteroatoms. The van der Waals surface area contributed by atoms with Crippen molar-refractivity contribution in [1.82, 2.24) is 20.0 Å². The molecule has 0 saturated heterocycles. The van der Waals surface area contributed by atoms with Crippen LogP contribution in [0.4, 0.5) is 11.6 Å². The average Bonchev–Trinajstić information content (AvgIpc) is 3.25. The molecule has 0 fully saturated rings. The molecule has 2 aromatic heterocycles. The van der Waals surface area contributed by atoms with Crippen molar-refractivity contribution in [3.05, 3.63) is 59.8 Å². The van der Waals surface area contributed by atoms with Crippen LogP contribution < -0.4 is 15.8 Å². The maximum atomic E-state index is 12.7. The Morgan fingerprint density at radius 1 is 1.26 bits per heavy atom. The Morgan fingerprint density at radius 3 is 2.85 bits per heavy atom. The minimum Gasteiger partial charge on any atom is -0.497 e. The summed E-state index contributed by atoms with van der Waals surface area (Å²) < 4.78 is 6.78. The summed E-state index contributed by atoms with van der Waals surface area (Å²) in [6, 6.07) is 13.1. The van der Waals surface area contributed by atoms with E-state index in [1.165, 1.54) is 6.20 Å². The SMILES string of the molecule is COc1ccc2[nH]nc(NC(=O)c3cnn(-c4ccccc4C)c3N)c2c1. The largest absolute Gasteiger partial charge is 0.497 e. The van der Waals surface area contributed by atoms with Gasteiger partial charge in [0, 0.05) is 5.39 Å². The molecule has 0 aliphatic rings. The number of benzene rings is 2. The Morgan fingerprint density at radius 2 is 2.07 bits per heavy atom. The minimum atomic E-state index is -0.386. The molecule has 1 amide bonds. The molecular weight excluding hydrogens is 344 g/mol. The van der Waals surface area contributed by atoms with Gasteiger partial charge in [-0.15, -0.1) is 0 Å². The van der Waals surface area contributed by atoms with E-state index >= 15 is 0 Å². The van der Waals surface area contributed by atoms with Gasteiger partial charge in [0.1, 0.15) is 17.1 Å². The number of aryl methyl sites for hydroxylation is 1. The van der Waals surface area contributed by atoms with Crippen LogP contribution in [0.3, 0.4) is 0 Å². The van der Waals surface area contributed by atoms with Crippen molar-refractivity contribution in [3.63, 3.8) is 0 Å². The minimum absolute atomic E-state index is 0.263. The lowest BCUT2D eigenvalue weighted by Crippen LogP contribution is -2.14. The number of anilines is 2. The van der Waals surface area contributed by atoms with Crippen molar-refractivity contribution in [3.8, 4) is 11.4 Å². The van der Waals surface area contributed by atoms with Crippen LogP contribution in [-0.4, -0.2) is 33.0 Å². The second-order valence-electron chi connectivity index (χ2n) is 6.08. The van der Waals surface area contributed by atoms with Crippen LogP contribution in [0.15, 0.2) is 48.7 Å². The molecule has 0 aliphatic carbocycles. The summed E-state index contributed by atoms with van der Waals surface area (Å²) in [6.07, 6.45) is 1.45. The summed E-state index contributed by atoms with van der Waals surface area (Å²) in [7, 11) is 1.58. The normalized spacial score (nSPS) is 10.9. The fourth-order valence-electron chi connectivity index (χ4n) is 2.92. The first-order chi connectivity index (χ1) is 13.1. The Labute approximate surface area is 154 Å². The van der Waals surface area contributed by atoms with E-state index in [2.05, 4.69) is 20.6 Å². The maximum Gasteiger partial charge on any atom is 0.262 e. The van der Waals surface area contributed by atoms with Crippen molar-refractivity contribution >= 4 is 28.4 Å². The third-order valence-electron chi connectivity index (χ3n) is 4.40. The van der Waals surface area contributed by atoms with E-state index < -0.39 is 0 Å². The highest BCUT2D eigenvalue weighted by Crippen LogP contribution is 2.26. The van der Waals surface area contributed by atoms with Crippen LogP contribution in [0.25, 0.3) is 16.6 Å². The first-order valence-corrected chi connectivity index (χ1v) is 8.31. The quantitative estimate of drug-likeness (QED) is 0.517. The number of carbonyl (C=O) groups is 1. The number of fused-ring (bicyclic) bond motifs is 1. The number of nitrogens with two attached hydrogens (primary N) is 1. The molecule has 0 atom stereocenters. The molecule has 0 unspecified atom stereocenters. The fraction of sp³-hybridized carbons (Fsp3) is 0.105. The van der Waals surface area contributed by atoms with E-state index in [4.69, 9.17) is 10.5 Å². The first kappa shape index (κ1) is 16.6. The maximum absolute atomic E-state index is 12.7. The van der Waals surface area contributed by atoms with Gasteiger partial charge in [0.2, 0.25) is 0 Å². The Hall–Kier alpha value is -3.81. The predicted molar refractivity (Wildman–Crippen MR) is 103 cm³/mol. The summed E-state index contributed by atoms with van der Waals surface area (Å²) in [5.74, 6) is 0.950. The second kappa shape index (κ2) is 6.49. The molecule has 4 aromatic rings. The molecule has 0 bridgehead atoms. The van der Waals surface area contributed by atoms with E-state index in [9.17, 15) is 4.79 Å². The number of nitrogens with one attached hydrogen (secondary N) is 2. The highest BCUT2D eigenvalue weighted by atomic mass is 16.5. The molecule has 2 aromatic carbocycles. The fourth-order valence-corrected chi connectivity index (χ4v) is 2.92. The van der Waals surface area contributed by atoms with Gasteiger partial charge in [0.25, 0.3) is 5.91 Å². The number of carbonyl (C=O) groups excluding carboxylic acids is 1. The van der Waals surface area contributed by atoms with Crippen molar-refractivity contribution < 1.29 is 9.53 Å². The van der Waals surface area contributed by atoms with E-state index in [1.807, 2.05) is 43.3 Å². The monoisotopic (exact) mass is 362 g/mol. The molecular formula is C19H18N6O2. The molecule has 0 aliphatic heterocycles. The van der Waals surface area contributed by atoms with Gasteiger partial charge in [-0.3, -0.25) is 9.89 Å². The zero-order valence-corrected chi connectivity index (χ0v) is 14.9. The third kappa shape index (κ3) is 2.86. The number of amides is 1. The third-order valence-corrected chi connectivity index (χ3v) is 4.40. The lowest BCUT2D eigenvalue weighted by molar-refractivity contribution is 0.102. The topological polar surface area (TPSA) is 111 Å². The standard InChI is InChI=1S/C19H18N6O2/c1-11-5-3-4-6-16(11)25-17(20)14(10-21-25)19(26)22-18-13-9-12(27-2)7-8-15(13)23-24-18/h3-10H,20H2,1-2H3,(H2,22,23,24,26). The van der Waals surface area contributed by atoms with E-state index in [1.54, 1.807) is 17.9 Å². The summed E-state index contributed by atoms with van der Waals surface area (Å²) in [5, 5.41) is 14.8. The van der Waals surface area contributed by atoms with Crippen LogP contribution >= 0.6 is 0 Å². The van der Waals surface area contributed by atoms with Gasteiger partial charge in [-0.1, -0.05) is 18.2 Å². The molecule has 0 radical (unpaired) electrons. The highest BCUT2D eigenvalue weighted by Gasteiger charge is 2.19. The molecule has 8 nitrogen and oxygen atoms in total. The number of aromatic nitrogens is 4. The summed E-state index contributed by atoms with van der Waals surface area (Å²) in [4.78, 5) is 12.7. The van der Waals surface area contributed by atoms with E-state index in [0.29, 0.717) is 11.6 Å². The molecule has 4 N–H and O–H groups in total. The van der Waals surface area contributed by atoms with Crippen LogP contribution in [0.2, 0.25) is 0 Å². The van der Waals surface area contributed by atoms with Crippen LogP contribution in [-0.2, 0) is 0 Å². The Balaban J connectivity index is 1.66. The van der Waals surface area contributed by atoms with Crippen molar-refractivity contribution in [2.45, 2.75) is 6.92 Å². The number of nitrogens with zero attached hydrogens (tertiary/aromatic N) is 3. The number of hydrogen-bond acceptors (Lipinski definition) is 5. The smallest absolute Gasteiger partial charge is 0.262 e. The van der Waals surface area contributed by atoms with Gasteiger partial charge >= 0.3 is 0 Å². The zero-order valence-electron chi connectivity index (χ0n) is 14.9. The molecule has 136 valence electrons. The number of H-pyrrole nitrogens is 1. The summed E-state index contributed by atoms with van der Waals surface area (Å²) >= 11 is 0. The zero-order chi connectivity index (χ0) is 19.0. The molecule has 0 spiro atoms. The van der Waals surface area contributed by atoms with Crippen LogP contribution in [0, 0.1) is 6.92 Å². The Kier molecular flexibility index (Phi) is 4.00. The number of rotatable bonds is 4. The second-order valence-corrected chi connectivity index (χ2v) is 6.08. The number of nitrogen functional groups attached to an aromatic ring is 1. The average molecular weight is 362 g/mol. The van der Waals surface area contributed by atoms with Crippen molar-refractivity contribution in [1.29, 1.82) is 0 Å². The van der Waals surface area contributed by atoms with Gasteiger partial charge in [0.05, 0.1) is 24.5 Å². The van der Waals surface area contributed by atoms with Crippen molar-refractivity contribution in [2.75, 3.05) is 18.2 Å². The Bertz CT molecular complexity index is 1140. The number of ether oxygens (including phenoxy) is 1. The van der Waals surface area contributed by atoms with Gasteiger partial charge in [-0.05, 0) is 36.8 Å². The van der Waals surface area contributed by atoms with E-state index in [-0.39, 0.29) is 17.3 Å². The number of aromatic amines is 1. The molecule has 27 heavy (non-hydrogen) atoms. The molecule has 4 rings (SSSR count). The van der Waals surface area contributed by atoms with Gasteiger partial charge < -0.3 is 15.8 Å². The van der Waals surface area contributed by atoms with E-state index in [0.717, 1.165) is 22.2 Å². The van der Waals surface area contributed by atoms with Gasteiger partial charge in [-0.25, -0.2) is 4.68 Å².